The van der Waals surface area contributed by atoms with E-state index in [1.54, 1.807) is 0 Å². The van der Waals surface area contributed by atoms with Crippen molar-refractivity contribution in [2.75, 3.05) is 32.8 Å². The number of benzene rings is 1. The molecule has 0 saturated carbocycles. The van der Waals surface area contributed by atoms with Crippen molar-refractivity contribution in [3.8, 4) is 5.75 Å². The first-order valence-electron chi connectivity index (χ1n) is 7.32. The summed E-state index contributed by atoms with van der Waals surface area (Å²) in [6.07, 6.45) is 0. The molecule has 21 heavy (non-hydrogen) atoms. The molecule has 5 heteroatoms. The van der Waals surface area contributed by atoms with Gasteiger partial charge in [0, 0.05) is 26.2 Å². The minimum absolute atomic E-state index is 0. The summed E-state index contributed by atoms with van der Waals surface area (Å²) in [4.78, 5) is 14.2. The van der Waals surface area contributed by atoms with Crippen LogP contribution in [0, 0.1) is 25.7 Å². The van der Waals surface area contributed by atoms with Crippen molar-refractivity contribution in [3.63, 3.8) is 0 Å². The van der Waals surface area contributed by atoms with E-state index < -0.39 is 0 Å². The smallest absolute Gasteiger partial charge is 0.260 e. The second kappa shape index (κ2) is 6.67. The topological polar surface area (TPSA) is 41.6 Å². The van der Waals surface area contributed by atoms with Crippen LogP contribution in [0.5, 0.6) is 5.75 Å². The van der Waals surface area contributed by atoms with Gasteiger partial charge in [-0.2, -0.15) is 0 Å². The zero-order chi connectivity index (χ0) is 14.1. The van der Waals surface area contributed by atoms with Crippen molar-refractivity contribution in [2.24, 2.45) is 11.8 Å². The fraction of sp³-hybridized carbons (Fsp3) is 0.562. The number of ether oxygens (including phenoxy) is 1. The lowest BCUT2D eigenvalue weighted by molar-refractivity contribution is -0.132. The largest absolute Gasteiger partial charge is 0.484 e. The van der Waals surface area contributed by atoms with Gasteiger partial charge in [0.05, 0.1) is 0 Å². The van der Waals surface area contributed by atoms with E-state index in [4.69, 9.17) is 4.74 Å². The Balaban J connectivity index is 0.00000161. The van der Waals surface area contributed by atoms with E-state index in [-0.39, 0.29) is 24.9 Å². The maximum Gasteiger partial charge on any atom is 0.260 e. The van der Waals surface area contributed by atoms with Crippen LogP contribution in [0.25, 0.3) is 0 Å². The lowest BCUT2D eigenvalue weighted by atomic mass is 10.0. The zero-order valence-corrected chi connectivity index (χ0v) is 13.4. The lowest BCUT2D eigenvalue weighted by Gasteiger charge is -2.18. The van der Waals surface area contributed by atoms with Gasteiger partial charge in [0.2, 0.25) is 0 Å². The predicted octanol–water partition coefficient (Wildman–Crippen LogP) is 1.78. The number of fused-ring (bicyclic) bond motifs is 1. The highest BCUT2D eigenvalue weighted by Crippen LogP contribution is 2.26. The fourth-order valence-electron chi connectivity index (χ4n) is 3.25. The molecular formula is C16H23ClN2O2. The van der Waals surface area contributed by atoms with Crippen molar-refractivity contribution in [2.45, 2.75) is 13.8 Å². The summed E-state index contributed by atoms with van der Waals surface area (Å²) < 4.78 is 5.68. The third kappa shape index (κ3) is 3.50. The fourth-order valence-corrected chi connectivity index (χ4v) is 3.25. The van der Waals surface area contributed by atoms with E-state index >= 15 is 0 Å². The Morgan fingerprint density at radius 1 is 1.29 bits per heavy atom. The zero-order valence-electron chi connectivity index (χ0n) is 12.6. The predicted molar refractivity (Wildman–Crippen MR) is 85.1 cm³/mol. The monoisotopic (exact) mass is 310 g/mol. The lowest BCUT2D eigenvalue weighted by Crippen LogP contribution is -2.35. The van der Waals surface area contributed by atoms with Gasteiger partial charge in [-0.25, -0.2) is 0 Å². The van der Waals surface area contributed by atoms with E-state index in [2.05, 4.69) is 18.3 Å². The first-order valence-corrected chi connectivity index (χ1v) is 7.32. The van der Waals surface area contributed by atoms with Crippen LogP contribution in [0.4, 0.5) is 0 Å². The Bertz CT molecular complexity index is 509. The molecule has 0 radical (unpaired) electrons. The van der Waals surface area contributed by atoms with Crippen LogP contribution in [0.1, 0.15) is 11.1 Å². The number of aryl methyl sites for hydroxylation is 2. The third-order valence-corrected chi connectivity index (χ3v) is 4.42. The summed E-state index contributed by atoms with van der Waals surface area (Å²) in [6, 6.07) is 6.03. The number of amides is 1. The van der Waals surface area contributed by atoms with E-state index in [1.165, 1.54) is 5.56 Å². The number of hydrogen-bond acceptors (Lipinski definition) is 3. The molecular weight excluding hydrogens is 288 g/mol. The Hall–Kier alpha value is -1.26. The minimum atomic E-state index is 0. The van der Waals surface area contributed by atoms with Gasteiger partial charge < -0.3 is 15.0 Å². The Labute approximate surface area is 132 Å². The molecule has 1 aromatic carbocycles. The summed E-state index contributed by atoms with van der Waals surface area (Å²) in [5.41, 5.74) is 2.29. The average Bonchev–Trinajstić information content (AvgIpc) is 2.98. The molecule has 2 aliphatic rings. The van der Waals surface area contributed by atoms with E-state index in [0.29, 0.717) is 11.8 Å². The normalized spacial score (nSPS) is 23.6. The molecule has 0 spiro atoms. The van der Waals surface area contributed by atoms with Crippen LogP contribution in [0.2, 0.25) is 0 Å². The molecule has 2 heterocycles. The Morgan fingerprint density at radius 3 is 2.57 bits per heavy atom. The Morgan fingerprint density at radius 2 is 1.95 bits per heavy atom. The third-order valence-electron chi connectivity index (χ3n) is 4.42. The molecule has 0 bridgehead atoms. The highest BCUT2D eigenvalue weighted by molar-refractivity contribution is 5.85. The van der Waals surface area contributed by atoms with Gasteiger partial charge in [0.25, 0.3) is 5.91 Å². The van der Waals surface area contributed by atoms with Gasteiger partial charge in [-0.1, -0.05) is 17.7 Å². The SMILES string of the molecule is Cc1ccc(OCC(=O)N2C[C@H]3CNC[C@H]3C2)c(C)c1.Cl. The summed E-state index contributed by atoms with van der Waals surface area (Å²) in [6.45, 7) is 8.08. The van der Waals surface area contributed by atoms with E-state index in [0.717, 1.165) is 37.5 Å². The summed E-state index contributed by atoms with van der Waals surface area (Å²) in [5.74, 6) is 2.20. The van der Waals surface area contributed by atoms with Crippen LogP contribution in [0.15, 0.2) is 18.2 Å². The molecule has 4 nitrogen and oxygen atoms in total. The van der Waals surface area contributed by atoms with Gasteiger partial charge in [0.15, 0.2) is 6.61 Å². The first-order chi connectivity index (χ1) is 9.63. The van der Waals surface area contributed by atoms with Crippen LogP contribution in [-0.4, -0.2) is 43.6 Å². The molecule has 2 aliphatic heterocycles. The molecule has 1 amide bonds. The molecule has 1 aromatic rings. The summed E-state index contributed by atoms with van der Waals surface area (Å²) in [7, 11) is 0. The number of nitrogens with zero attached hydrogens (tertiary/aromatic N) is 1. The minimum Gasteiger partial charge on any atom is -0.484 e. The van der Waals surface area contributed by atoms with Gasteiger partial charge in [0.1, 0.15) is 5.75 Å². The number of likely N-dealkylation sites (tertiary alicyclic amines) is 1. The van der Waals surface area contributed by atoms with Crippen LogP contribution >= 0.6 is 12.4 Å². The van der Waals surface area contributed by atoms with Crippen LogP contribution < -0.4 is 10.1 Å². The van der Waals surface area contributed by atoms with Gasteiger partial charge in [-0.15, -0.1) is 12.4 Å². The molecule has 0 aromatic heterocycles. The van der Waals surface area contributed by atoms with Crippen LogP contribution in [0.3, 0.4) is 0 Å². The molecule has 1 N–H and O–H groups in total. The molecule has 116 valence electrons. The van der Waals surface area contributed by atoms with Crippen molar-refractivity contribution >= 4 is 18.3 Å². The molecule has 2 atom stereocenters. The molecule has 2 saturated heterocycles. The highest BCUT2D eigenvalue weighted by atomic mass is 35.5. The number of hydrogen-bond donors (Lipinski definition) is 1. The van der Waals surface area contributed by atoms with Crippen LogP contribution in [-0.2, 0) is 4.79 Å². The number of rotatable bonds is 3. The summed E-state index contributed by atoms with van der Waals surface area (Å²) >= 11 is 0. The Kier molecular flexibility index (Phi) is 5.12. The number of carbonyl (C=O) groups is 1. The van der Waals surface area contributed by atoms with Gasteiger partial charge >= 0.3 is 0 Å². The highest BCUT2D eigenvalue weighted by Gasteiger charge is 2.37. The summed E-state index contributed by atoms with van der Waals surface area (Å²) in [5, 5.41) is 3.39. The first kappa shape index (κ1) is 16.1. The second-order valence-electron chi connectivity index (χ2n) is 6.03. The molecule has 3 rings (SSSR count). The quantitative estimate of drug-likeness (QED) is 0.925. The standard InChI is InChI=1S/C16H22N2O2.ClH/c1-11-3-4-15(12(2)5-11)20-10-16(19)18-8-13-6-17-7-14(13)9-18;/h3-5,13-14,17H,6-10H2,1-2H3;1H/t13-,14+;. The number of carbonyl (C=O) groups excluding carboxylic acids is 1. The number of halogens is 1. The van der Waals surface area contributed by atoms with Crippen molar-refractivity contribution < 1.29 is 9.53 Å². The number of nitrogens with one attached hydrogen (secondary N) is 1. The van der Waals surface area contributed by atoms with Crippen molar-refractivity contribution in [3.05, 3.63) is 29.3 Å². The van der Waals surface area contributed by atoms with Gasteiger partial charge in [-0.05, 0) is 37.3 Å². The van der Waals surface area contributed by atoms with Crippen molar-refractivity contribution in [1.82, 2.24) is 10.2 Å². The molecule has 2 fully saturated rings. The van der Waals surface area contributed by atoms with E-state index in [9.17, 15) is 4.79 Å². The molecule has 0 unspecified atom stereocenters. The van der Waals surface area contributed by atoms with Crippen molar-refractivity contribution in [1.29, 1.82) is 0 Å². The molecule has 0 aliphatic carbocycles. The average molecular weight is 311 g/mol. The van der Waals surface area contributed by atoms with E-state index in [1.807, 2.05) is 24.0 Å². The van der Waals surface area contributed by atoms with Gasteiger partial charge in [-0.3, -0.25) is 4.79 Å². The second-order valence-corrected chi connectivity index (χ2v) is 6.03. The maximum atomic E-state index is 12.2. The maximum absolute atomic E-state index is 12.2.